The van der Waals surface area contributed by atoms with Crippen LogP contribution in [0.25, 0.3) is 0 Å². The first-order valence-electron chi connectivity index (χ1n) is 5.55. The standard InChI is InChI=1S/C12H16F3N3O/c1-11(2,3)18-10(19)17-9-5-4-7(6-8(9)16)12(13,14)15/h4-6H,16H2,1-3H3,(H2,17,18,19). The van der Waals surface area contributed by atoms with Crippen molar-refractivity contribution in [3.63, 3.8) is 0 Å². The topological polar surface area (TPSA) is 67.2 Å². The molecule has 0 saturated carbocycles. The van der Waals surface area contributed by atoms with Gasteiger partial charge in [-0.2, -0.15) is 13.2 Å². The molecule has 0 fully saturated rings. The van der Waals surface area contributed by atoms with Crippen LogP contribution in [-0.4, -0.2) is 11.6 Å². The number of carbonyl (C=O) groups excluding carboxylic acids is 1. The van der Waals surface area contributed by atoms with Crippen LogP contribution in [0.15, 0.2) is 18.2 Å². The fraction of sp³-hybridized carbons (Fsp3) is 0.417. The summed E-state index contributed by atoms with van der Waals surface area (Å²) in [6, 6.07) is 2.25. The first kappa shape index (κ1) is 15.1. The molecule has 4 nitrogen and oxygen atoms in total. The van der Waals surface area contributed by atoms with Crippen LogP contribution in [0.1, 0.15) is 26.3 Å². The summed E-state index contributed by atoms with van der Waals surface area (Å²) >= 11 is 0. The second kappa shape index (κ2) is 4.99. The van der Waals surface area contributed by atoms with E-state index in [4.69, 9.17) is 5.73 Å². The van der Waals surface area contributed by atoms with Gasteiger partial charge in [0.2, 0.25) is 0 Å². The van der Waals surface area contributed by atoms with Crippen molar-refractivity contribution in [1.29, 1.82) is 0 Å². The number of alkyl halides is 3. The highest BCUT2D eigenvalue weighted by Gasteiger charge is 2.30. The molecule has 0 aliphatic rings. The van der Waals surface area contributed by atoms with Crippen molar-refractivity contribution in [2.75, 3.05) is 11.1 Å². The summed E-state index contributed by atoms with van der Waals surface area (Å²) in [7, 11) is 0. The van der Waals surface area contributed by atoms with Crippen LogP contribution in [0.5, 0.6) is 0 Å². The zero-order valence-electron chi connectivity index (χ0n) is 10.9. The molecule has 0 spiro atoms. The molecule has 1 aromatic rings. The number of benzene rings is 1. The number of nitrogen functional groups attached to an aromatic ring is 1. The van der Waals surface area contributed by atoms with Gasteiger partial charge >= 0.3 is 12.2 Å². The van der Waals surface area contributed by atoms with Crippen LogP contribution in [0, 0.1) is 0 Å². The Morgan fingerprint density at radius 3 is 2.21 bits per heavy atom. The van der Waals surface area contributed by atoms with Crippen LogP contribution in [0.2, 0.25) is 0 Å². The van der Waals surface area contributed by atoms with Crippen LogP contribution >= 0.6 is 0 Å². The number of hydrogen-bond donors (Lipinski definition) is 3. The number of halogens is 3. The summed E-state index contributed by atoms with van der Waals surface area (Å²) in [5.74, 6) is 0. The van der Waals surface area contributed by atoms with E-state index in [1.165, 1.54) is 0 Å². The average molecular weight is 275 g/mol. The summed E-state index contributed by atoms with van der Waals surface area (Å²) in [6.45, 7) is 5.34. The van der Waals surface area contributed by atoms with E-state index < -0.39 is 23.3 Å². The van der Waals surface area contributed by atoms with E-state index in [2.05, 4.69) is 10.6 Å². The van der Waals surface area contributed by atoms with E-state index in [9.17, 15) is 18.0 Å². The number of rotatable bonds is 1. The highest BCUT2D eigenvalue weighted by atomic mass is 19.4. The molecule has 0 atom stereocenters. The summed E-state index contributed by atoms with van der Waals surface area (Å²) in [4.78, 5) is 11.6. The zero-order valence-corrected chi connectivity index (χ0v) is 10.9. The highest BCUT2D eigenvalue weighted by Crippen LogP contribution is 2.32. The number of nitrogens with two attached hydrogens (primary N) is 1. The Hall–Kier alpha value is -1.92. The molecule has 0 heterocycles. The fourth-order valence-electron chi connectivity index (χ4n) is 1.35. The molecule has 0 bridgehead atoms. The van der Waals surface area contributed by atoms with E-state index in [0.29, 0.717) is 0 Å². The molecule has 7 heteroatoms. The largest absolute Gasteiger partial charge is 0.416 e. The molecule has 19 heavy (non-hydrogen) atoms. The van der Waals surface area contributed by atoms with E-state index in [1.807, 2.05) is 0 Å². The van der Waals surface area contributed by atoms with Gasteiger partial charge < -0.3 is 16.4 Å². The van der Waals surface area contributed by atoms with Crippen LogP contribution in [-0.2, 0) is 6.18 Å². The van der Waals surface area contributed by atoms with Crippen molar-refractivity contribution >= 4 is 17.4 Å². The van der Waals surface area contributed by atoms with E-state index in [-0.39, 0.29) is 11.4 Å². The first-order chi connectivity index (χ1) is 8.49. The minimum atomic E-state index is -4.46. The van der Waals surface area contributed by atoms with Gasteiger partial charge in [0.15, 0.2) is 0 Å². The Labute approximate surface area is 109 Å². The molecule has 1 aromatic carbocycles. The van der Waals surface area contributed by atoms with Gasteiger partial charge in [-0.1, -0.05) is 0 Å². The van der Waals surface area contributed by atoms with Gasteiger partial charge in [-0.15, -0.1) is 0 Å². The van der Waals surface area contributed by atoms with Gasteiger partial charge in [0, 0.05) is 5.54 Å². The third-order valence-electron chi connectivity index (χ3n) is 2.12. The third kappa shape index (κ3) is 4.69. The maximum Gasteiger partial charge on any atom is 0.416 e. The van der Waals surface area contributed by atoms with Crippen molar-refractivity contribution in [3.05, 3.63) is 23.8 Å². The van der Waals surface area contributed by atoms with E-state index in [1.54, 1.807) is 20.8 Å². The Bertz CT molecular complexity index is 478. The van der Waals surface area contributed by atoms with Crippen molar-refractivity contribution < 1.29 is 18.0 Å². The third-order valence-corrected chi connectivity index (χ3v) is 2.12. The van der Waals surface area contributed by atoms with Crippen LogP contribution in [0.3, 0.4) is 0 Å². The van der Waals surface area contributed by atoms with Crippen molar-refractivity contribution in [2.45, 2.75) is 32.5 Å². The Morgan fingerprint density at radius 2 is 1.79 bits per heavy atom. The summed E-state index contributed by atoms with van der Waals surface area (Å²) in [6.07, 6.45) is -4.46. The lowest BCUT2D eigenvalue weighted by molar-refractivity contribution is -0.137. The smallest absolute Gasteiger partial charge is 0.397 e. The van der Waals surface area contributed by atoms with Crippen LogP contribution in [0.4, 0.5) is 29.3 Å². The number of anilines is 2. The lowest BCUT2D eigenvalue weighted by Gasteiger charge is -2.21. The molecule has 0 saturated heterocycles. The Balaban J connectivity index is 2.84. The van der Waals surface area contributed by atoms with Crippen molar-refractivity contribution in [2.24, 2.45) is 0 Å². The lowest BCUT2D eigenvalue weighted by Crippen LogP contribution is -2.43. The lowest BCUT2D eigenvalue weighted by atomic mass is 10.1. The molecule has 106 valence electrons. The number of hydrogen-bond acceptors (Lipinski definition) is 2. The number of nitrogens with one attached hydrogen (secondary N) is 2. The first-order valence-corrected chi connectivity index (χ1v) is 5.55. The zero-order chi connectivity index (χ0) is 14.8. The normalized spacial score (nSPS) is 12.1. The summed E-state index contributed by atoms with van der Waals surface area (Å²) in [5, 5.41) is 5.01. The van der Waals surface area contributed by atoms with E-state index in [0.717, 1.165) is 18.2 Å². The Morgan fingerprint density at radius 1 is 1.21 bits per heavy atom. The molecule has 0 radical (unpaired) electrons. The van der Waals surface area contributed by atoms with Gasteiger partial charge in [0.05, 0.1) is 16.9 Å². The van der Waals surface area contributed by atoms with Crippen molar-refractivity contribution in [3.8, 4) is 0 Å². The molecular formula is C12H16F3N3O. The van der Waals surface area contributed by atoms with Crippen molar-refractivity contribution in [1.82, 2.24) is 5.32 Å². The van der Waals surface area contributed by atoms with Gasteiger partial charge in [0.1, 0.15) is 0 Å². The van der Waals surface area contributed by atoms with Crippen LogP contribution < -0.4 is 16.4 Å². The van der Waals surface area contributed by atoms with Gasteiger partial charge in [-0.3, -0.25) is 0 Å². The number of amides is 2. The predicted octanol–water partition coefficient (Wildman–Crippen LogP) is 3.21. The SMILES string of the molecule is CC(C)(C)NC(=O)Nc1ccc(C(F)(F)F)cc1N. The predicted molar refractivity (Wildman–Crippen MR) is 67.8 cm³/mol. The maximum atomic E-state index is 12.4. The maximum absolute atomic E-state index is 12.4. The number of carbonyl (C=O) groups is 1. The molecule has 0 aromatic heterocycles. The molecule has 1 rings (SSSR count). The summed E-state index contributed by atoms with van der Waals surface area (Å²) < 4.78 is 37.3. The molecule has 0 aliphatic carbocycles. The average Bonchev–Trinajstić information content (AvgIpc) is 2.16. The second-order valence-electron chi connectivity index (χ2n) is 5.13. The molecule has 4 N–H and O–H groups in total. The van der Waals surface area contributed by atoms with E-state index >= 15 is 0 Å². The minimum absolute atomic E-state index is 0.134. The molecule has 0 aliphatic heterocycles. The number of urea groups is 1. The highest BCUT2D eigenvalue weighted by molar-refractivity contribution is 5.93. The second-order valence-corrected chi connectivity index (χ2v) is 5.13. The fourth-order valence-corrected chi connectivity index (χ4v) is 1.35. The monoisotopic (exact) mass is 275 g/mol. The molecule has 2 amide bonds. The summed E-state index contributed by atoms with van der Waals surface area (Å²) in [5.41, 5.74) is 4.17. The minimum Gasteiger partial charge on any atom is -0.397 e. The molecule has 0 unspecified atom stereocenters. The van der Waals surface area contributed by atoms with Gasteiger partial charge in [-0.25, -0.2) is 4.79 Å². The molecular weight excluding hydrogens is 259 g/mol. The Kier molecular flexibility index (Phi) is 3.97. The quantitative estimate of drug-likeness (QED) is 0.689. The van der Waals surface area contributed by atoms with Gasteiger partial charge in [-0.05, 0) is 39.0 Å². The van der Waals surface area contributed by atoms with Gasteiger partial charge in [0.25, 0.3) is 0 Å².